The summed E-state index contributed by atoms with van der Waals surface area (Å²) in [6.45, 7) is 12.2. The SMILES string of the molecule is CC(C)c1nc2n(n1)C[C@H](NCc1ncc(C(C)(C)C)o1)CC2. The number of aromatic nitrogens is 4. The molecule has 2 aromatic heterocycles. The van der Waals surface area contributed by atoms with Crippen molar-refractivity contribution in [3.63, 3.8) is 0 Å². The minimum atomic E-state index is -0.00103. The summed E-state index contributed by atoms with van der Waals surface area (Å²) in [5.41, 5.74) is -0.00103. The summed E-state index contributed by atoms with van der Waals surface area (Å²) in [5.74, 6) is 4.11. The molecule has 0 bridgehead atoms. The Kier molecular flexibility index (Phi) is 4.27. The summed E-state index contributed by atoms with van der Waals surface area (Å²) in [6.07, 6.45) is 3.88. The zero-order chi connectivity index (χ0) is 16.6. The lowest BCUT2D eigenvalue weighted by Gasteiger charge is -2.23. The molecule has 0 saturated heterocycles. The van der Waals surface area contributed by atoms with Gasteiger partial charge in [-0.3, -0.25) is 0 Å². The zero-order valence-electron chi connectivity index (χ0n) is 14.8. The average molecular weight is 317 g/mol. The Hall–Kier alpha value is -1.69. The molecule has 0 radical (unpaired) electrons. The van der Waals surface area contributed by atoms with Crippen molar-refractivity contribution in [2.24, 2.45) is 0 Å². The topological polar surface area (TPSA) is 68.8 Å². The van der Waals surface area contributed by atoms with Crippen LogP contribution in [-0.2, 0) is 24.9 Å². The average Bonchev–Trinajstić information content (AvgIpc) is 3.10. The number of oxazole rings is 1. The summed E-state index contributed by atoms with van der Waals surface area (Å²) in [5, 5.41) is 8.16. The van der Waals surface area contributed by atoms with Crippen molar-refractivity contribution in [2.75, 3.05) is 0 Å². The number of hydrogen-bond acceptors (Lipinski definition) is 5. The minimum Gasteiger partial charge on any atom is -0.444 e. The third-order valence-corrected chi connectivity index (χ3v) is 4.23. The Balaban J connectivity index is 1.58. The summed E-state index contributed by atoms with van der Waals surface area (Å²) >= 11 is 0. The summed E-state index contributed by atoms with van der Waals surface area (Å²) < 4.78 is 7.88. The van der Waals surface area contributed by atoms with Crippen molar-refractivity contribution in [2.45, 2.75) is 77.9 Å². The summed E-state index contributed by atoms with van der Waals surface area (Å²) in [7, 11) is 0. The van der Waals surface area contributed by atoms with Gasteiger partial charge in [0.1, 0.15) is 11.6 Å². The van der Waals surface area contributed by atoms with Crippen LogP contribution in [0.25, 0.3) is 0 Å². The van der Waals surface area contributed by atoms with Gasteiger partial charge in [0.05, 0.1) is 19.3 Å². The second-order valence-electron chi connectivity index (χ2n) is 7.71. The lowest BCUT2D eigenvalue weighted by molar-refractivity contribution is 0.327. The molecule has 23 heavy (non-hydrogen) atoms. The van der Waals surface area contributed by atoms with Gasteiger partial charge in [-0.2, -0.15) is 5.10 Å². The fourth-order valence-electron chi connectivity index (χ4n) is 2.71. The number of nitrogens with zero attached hydrogens (tertiary/aromatic N) is 4. The lowest BCUT2D eigenvalue weighted by Crippen LogP contribution is -2.37. The molecule has 2 aromatic rings. The van der Waals surface area contributed by atoms with Gasteiger partial charge in [0.25, 0.3) is 0 Å². The predicted octanol–water partition coefficient (Wildman–Crippen LogP) is 2.79. The van der Waals surface area contributed by atoms with E-state index in [0.29, 0.717) is 18.5 Å². The molecule has 0 spiro atoms. The van der Waals surface area contributed by atoms with Gasteiger partial charge in [0.15, 0.2) is 5.82 Å². The van der Waals surface area contributed by atoms with Gasteiger partial charge in [-0.15, -0.1) is 0 Å². The highest BCUT2D eigenvalue weighted by Gasteiger charge is 2.23. The Morgan fingerprint density at radius 1 is 1.39 bits per heavy atom. The molecule has 6 heteroatoms. The Morgan fingerprint density at radius 2 is 2.17 bits per heavy atom. The van der Waals surface area contributed by atoms with Crippen LogP contribution >= 0.6 is 0 Å². The van der Waals surface area contributed by atoms with E-state index < -0.39 is 0 Å². The van der Waals surface area contributed by atoms with Gasteiger partial charge in [-0.05, 0) is 6.42 Å². The second-order valence-corrected chi connectivity index (χ2v) is 7.71. The van der Waals surface area contributed by atoms with Crippen LogP contribution in [0.15, 0.2) is 10.6 Å². The first-order valence-corrected chi connectivity index (χ1v) is 8.45. The summed E-state index contributed by atoms with van der Waals surface area (Å²) in [6, 6.07) is 0.384. The Morgan fingerprint density at radius 3 is 2.83 bits per heavy atom. The zero-order valence-corrected chi connectivity index (χ0v) is 14.8. The van der Waals surface area contributed by atoms with E-state index in [0.717, 1.165) is 42.7 Å². The first kappa shape index (κ1) is 16.2. The number of hydrogen-bond donors (Lipinski definition) is 1. The lowest BCUT2D eigenvalue weighted by atomic mass is 9.94. The molecule has 0 aliphatic carbocycles. The molecule has 3 heterocycles. The number of fused-ring (bicyclic) bond motifs is 1. The maximum absolute atomic E-state index is 5.84. The minimum absolute atomic E-state index is 0.00103. The molecule has 1 atom stereocenters. The normalized spacial score (nSPS) is 18.4. The van der Waals surface area contributed by atoms with Gasteiger partial charge in [-0.25, -0.2) is 14.6 Å². The van der Waals surface area contributed by atoms with Crippen molar-refractivity contribution in [3.8, 4) is 0 Å². The van der Waals surface area contributed by atoms with E-state index in [4.69, 9.17) is 4.42 Å². The van der Waals surface area contributed by atoms with Crippen LogP contribution in [0.3, 0.4) is 0 Å². The van der Waals surface area contributed by atoms with Crippen molar-refractivity contribution >= 4 is 0 Å². The van der Waals surface area contributed by atoms with E-state index >= 15 is 0 Å². The smallest absolute Gasteiger partial charge is 0.208 e. The quantitative estimate of drug-likeness (QED) is 0.939. The van der Waals surface area contributed by atoms with E-state index in [1.807, 2.05) is 10.9 Å². The van der Waals surface area contributed by atoms with Crippen molar-refractivity contribution in [3.05, 3.63) is 29.5 Å². The molecule has 0 saturated carbocycles. The van der Waals surface area contributed by atoms with Crippen molar-refractivity contribution in [1.29, 1.82) is 0 Å². The fourth-order valence-corrected chi connectivity index (χ4v) is 2.71. The van der Waals surface area contributed by atoms with E-state index in [1.165, 1.54) is 0 Å². The Bertz CT molecular complexity index is 665. The maximum atomic E-state index is 5.84. The molecule has 126 valence electrons. The van der Waals surface area contributed by atoms with Crippen LogP contribution in [0.5, 0.6) is 0 Å². The fraction of sp³-hybridized carbons (Fsp3) is 0.706. The molecule has 0 aromatic carbocycles. The third-order valence-electron chi connectivity index (χ3n) is 4.23. The molecule has 1 N–H and O–H groups in total. The van der Waals surface area contributed by atoms with Crippen LogP contribution in [0.4, 0.5) is 0 Å². The van der Waals surface area contributed by atoms with Crippen LogP contribution in [0, 0.1) is 0 Å². The number of rotatable bonds is 4. The molecule has 1 aliphatic heterocycles. The molecule has 0 amide bonds. The predicted molar refractivity (Wildman–Crippen MR) is 88.3 cm³/mol. The molecule has 3 rings (SSSR count). The first-order chi connectivity index (χ1) is 10.8. The summed E-state index contributed by atoms with van der Waals surface area (Å²) in [4.78, 5) is 9.00. The van der Waals surface area contributed by atoms with Gasteiger partial charge in [0, 0.05) is 23.8 Å². The van der Waals surface area contributed by atoms with Crippen molar-refractivity contribution in [1.82, 2.24) is 25.1 Å². The highest BCUT2D eigenvalue weighted by Crippen LogP contribution is 2.23. The largest absolute Gasteiger partial charge is 0.444 e. The molecular weight excluding hydrogens is 290 g/mol. The van der Waals surface area contributed by atoms with Gasteiger partial charge >= 0.3 is 0 Å². The van der Waals surface area contributed by atoms with E-state index in [9.17, 15) is 0 Å². The van der Waals surface area contributed by atoms with Crippen LogP contribution < -0.4 is 5.32 Å². The Labute approximate surface area is 137 Å². The third kappa shape index (κ3) is 3.63. The van der Waals surface area contributed by atoms with E-state index in [1.54, 1.807) is 0 Å². The van der Waals surface area contributed by atoms with E-state index in [2.05, 4.69) is 55.0 Å². The van der Waals surface area contributed by atoms with Crippen molar-refractivity contribution < 1.29 is 4.42 Å². The van der Waals surface area contributed by atoms with Gasteiger partial charge in [-0.1, -0.05) is 34.6 Å². The molecule has 6 nitrogen and oxygen atoms in total. The molecule has 1 aliphatic rings. The van der Waals surface area contributed by atoms with E-state index in [-0.39, 0.29) is 5.41 Å². The maximum Gasteiger partial charge on any atom is 0.208 e. The van der Waals surface area contributed by atoms with Crippen LogP contribution in [0.2, 0.25) is 0 Å². The first-order valence-electron chi connectivity index (χ1n) is 8.45. The molecule has 0 unspecified atom stereocenters. The highest BCUT2D eigenvalue weighted by atomic mass is 16.4. The second kappa shape index (κ2) is 6.07. The standard InChI is InChI=1S/C17H27N5O/c1-11(2)16-20-14-7-6-12(10-22(14)21-16)18-9-15-19-8-13(23-15)17(3,4)5/h8,11-12,18H,6-7,9-10H2,1-5H3/t12-/m1/s1. The van der Waals surface area contributed by atoms with Gasteiger partial charge < -0.3 is 9.73 Å². The molecular formula is C17H27N5O. The monoisotopic (exact) mass is 317 g/mol. The van der Waals surface area contributed by atoms with Crippen LogP contribution in [-0.4, -0.2) is 25.8 Å². The number of nitrogens with one attached hydrogen (secondary N) is 1. The molecule has 0 fully saturated rings. The van der Waals surface area contributed by atoms with Gasteiger partial charge in [0.2, 0.25) is 5.89 Å². The van der Waals surface area contributed by atoms with Crippen LogP contribution in [0.1, 0.15) is 70.3 Å². The highest BCUT2D eigenvalue weighted by molar-refractivity contribution is 5.06. The number of aryl methyl sites for hydroxylation is 1.